The van der Waals surface area contributed by atoms with Gasteiger partial charge in [0.1, 0.15) is 0 Å². The summed E-state index contributed by atoms with van der Waals surface area (Å²) in [7, 11) is 1.99. The topological polar surface area (TPSA) is 80.3 Å². The Morgan fingerprint density at radius 1 is 1.27 bits per heavy atom. The van der Waals surface area contributed by atoms with Crippen LogP contribution in [0.1, 0.15) is 54.7 Å². The first kappa shape index (κ1) is 17.2. The van der Waals surface area contributed by atoms with Gasteiger partial charge in [-0.2, -0.15) is 10.1 Å². The number of amides is 1. The number of nitrogens with zero attached hydrogens (tertiary/aromatic N) is 6. The number of carbonyl (C=O) groups is 1. The van der Waals surface area contributed by atoms with Gasteiger partial charge >= 0.3 is 0 Å². The van der Waals surface area contributed by atoms with E-state index in [4.69, 9.17) is 4.52 Å². The second-order valence-electron chi connectivity index (χ2n) is 7.56. The van der Waals surface area contributed by atoms with Crippen LogP contribution < -0.4 is 0 Å². The first-order valence-electron chi connectivity index (χ1n) is 9.30. The zero-order valence-corrected chi connectivity index (χ0v) is 15.7. The molecule has 0 radical (unpaired) electrons. The van der Waals surface area contributed by atoms with Crippen molar-refractivity contribution in [2.45, 2.75) is 45.1 Å². The van der Waals surface area contributed by atoms with Crippen molar-refractivity contribution in [3.63, 3.8) is 0 Å². The van der Waals surface area contributed by atoms with Gasteiger partial charge in [0.25, 0.3) is 0 Å². The highest BCUT2D eigenvalue weighted by Gasteiger charge is 2.34. The van der Waals surface area contributed by atoms with Gasteiger partial charge in [-0.25, -0.2) is 0 Å². The van der Waals surface area contributed by atoms with Crippen molar-refractivity contribution in [3.05, 3.63) is 29.2 Å². The number of carbonyl (C=O) groups excluding carboxylic acids is 1. The van der Waals surface area contributed by atoms with E-state index in [0.717, 1.165) is 63.0 Å². The van der Waals surface area contributed by atoms with Gasteiger partial charge in [0.05, 0.1) is 17.3 Å². The summed E-state index contributed by atoms with van der Waals surface area (Å²) in [6.45, 7) is 7.99. The molecule has 0 N–H and O–H groups in total. The second-order valence-corrected chi connectivity index (χ2v) is 7.56. The largest absolute Gasteiger partial charge is 0.343 e. The van der Waals surface area contributed by atoms with E-state index in [0.29, 0.717) is 11.8 Å². The van der Waals surface area contributed by atoms with Crippen molar-refractivity contribution < 1.29 is 9.32 Å². The van der Waals surface area contributed by atoms with Crippen molar-refractivity contribution in [1.29, 1.82) is 0 Å². The summed E-state index contributed by atoms with van der Waals surface area (Å²) in [5, 5.41) is 8.61. The number of aryl methyl sites for hydroxylation is 2. The lowest BCUT2D eigenvalue weighted by molar-refractivity contribution is -0.129. The highest BCUT2D eigenvalue weighted by Crippen LogP contribution is 2.30. The third-order valence-electron chi connectivity index (χ3n) is 5.55. The van der Waals surface area contributed by atoms with Crippen LogP contribution in [-0.2, 0) is 18.4 Å². The number of aromatic nitrogens is 4. The third-order valence-corrected chi connectivity index (χ3v) is 5.55. The summed E-state index contributed by atoms with van der Waals surface area (Å²) in [6, 6.07) is 2.13. The molecule has 2 aliphatic rings. The molecule has 8 nitrogen and oxygen atoms in total. The van der Waals surface area contributed by atoms with Crippen LogP contribution in [0.4, 0.5) is 0 Å². The molecule has 0 atom stereocenters. The summed E-state index contributed by atoms with van der Waals surface area (Å²) in [5.41, 5.74) is 2.28. The Morgan fingerprint density at radius 3 is 2.62 bits per heavy atom. The van der Waals surface area contributed by atoms with Crippen LogP contribution >= 0.6 is 0 Å². The smallest absolute Gasteiger partial charge is 0.232 e. The molecule has 1 amide bonds. The average Bonchev–Trinajstić information content (AvgIpc) is 3.17. The molecular formula is C18H26N6O2. The van der Waals surface area contributed by atoms with Crippen LogP contribution in [0.15, 0.2) is 10.6 Å². The fraction of sp³-hybridized carbons (Fsp3) is 0.667. The zero-order valence-electron chi connectivity index (χ0n) is 15.7. The lowest BCUT2D eigenvalue weighted by Gasteiger charge is -2.36. The number of piperidine rings is 1. The average molecular weight is 358 g/mol. The number of hydrogen-bond acceptors (Lipinski definition) is 6. The first-order chi connectivity index (χ1) is 12.5. The van der Waals surface area contributed by atoms with Crippen molar-refractivity contribution in [2.75, 3.05) is 26.2 Å². The van der Waals surface area contributed by atoms with Crippen LogP contribution in [-0.4, -0.2) is 61.8 Å². The summed E-state index contributed by atoms with van der Waals surface area (Å²) in [5.74, 6) is 2.34. The molecule has 140 valence electrons. The minimum atomic E-state index is 0.149. The second kappa shape index (κ2) is 6.83. The van der Waals surface area contributed by atoms with E-state index in [2.05, 4.69) is 26.2 Å². The minimum absolute atomic E-state index is 0.149. The van der Waals surface area contributed by atoms with E-state index >= 15 is 0 Å². The summed E-state index contributed by atoms with van der Waals surface area (Å²) < 4.78 is 7.48. The van der Waals surface area contributed by atoms with Gasteiger partial charge < -0.3 is 9.42 Å². The van der Waals surface area contributed by atoms with Crippen LogP contribution in [0.2, 0.25) is 0 Å². The summed E-state index contributed by atoms with van der Waals surface area (Å²) >= 11 is 0. The van der Waals surface area contributed by atoms with Crippen molar-refractivity contribution in [3.8, 4) is 0 Å². The van der Waals surface area contributed by atoms with Crippen molar-refractivity contribution in [1.82, 2.24) is 29.7 Å². The molecular weight excluding hydrogens is 332 g/mol. The molecule has 0 bridgehead atoms. The van der Waals surface area contributed by atoms with Gasteiger partial charge in [-0.1, -0.05) is 5.16 Å². The van der Waals surface area contributed by atoms with E-state index in [1.807, 2.05) is 23.6 Å². The van der Waals surface area contributed by atoms with E-state index < -0.39 is 0 Å². The van der Waals surface area contributed by atoms with Crippen LogP contribution in [0.3, 0.4) is 0 Å². The third kappa shape index (κ3) is 3.38. The predicted molar refractivity (Wildman–Crippen MR) is 94.5 cm³/mol. The Morgan fingerprint density at radius 2 is 2.00 bits per heavy atom. The van der Waals surface area contributed by atoms with E-state index in [1.54, 1.807) is 6.92 Å². The quantitative estimate of drug-likeness (QED) is 0.823. The molecule has 2 saturated heterocycles. The fourth-order valence-corrected chi connectivity index (χ4v) is 3.93. The molecule has 26 heavy (non-hydrogen) atoms. The molecule has 2 aliphatic heterocycles. The lowest BCUT2D eigenvalue weighted by atomic mass is 9.96. The van der Waals surface area contributed by atoms with Gasteiger partial charge in [0, 0.05) is 52.6 Å². The van der Waals surface area contributed by atoms with E-state index in [1.165, 1.54) is 5.69 Å². The molecule has 0 aromatic carbocycles. The number of hydrogen-bond donors (Lipinski definition) is 0. The minimum Gasteiger partial charge on any atom is -0.343 e. The molecule has 2 fully saturated rings. The monoisotopic (exact) mass is 358 g/mol. The normalized spacial score (nSPS) is 19.7. The molecule has 2 aromatic heterocycles. The zero-order chi connectivity index (χ0) is 18.3. The maximum atomic E-state index is 11.4. The van der Waals surface area contributed by atoms with Gasteiger partial charge in [-0.3, -0.25) is 14.4 Å². The molecule has 4 heterocycles. The molecule has 0 unspecified atom stereocenters. The first-order valence-corrected chi connectivity index (χ1v) is 9.30. The molecule has 0 aliphatic carbocycles. The molecule has 8 heteroatoms. The summed E-state index contributed by atoms with van der Waals surface area (Å²) in [6.07, 6.45) is 1.82. The highest BCUT2D eigenvalue weighted by molar-refractivity contribution is 5.73. The van der Waals surface area contributed by atoms with Crippen molar-refractivity contribution in [2.24, 2.45) is 7.05 Å². The molecule has 0 spiro atoms. The van der Waals surface area contributed by atoms with E-state index in [9.17, 15) is 4.79 Å². The molecule has 0 saturated carbocycles. The van der Waals surface area contributed by atoms with E-state index in [-0.39, 0.29) is 5.91 Å². The Labute approximate surface area is 153 Å². The highest BCUT2D eigenvalue weighted by atomic mass is 16.5. The molecule has 2 aromatic rings. The molecule has 4 rings (SSSR count). The van der Waals surface area contributed by atoms with Crippen LogP contribution in [0, 0.1) is 6.92 Å². The predicted octanol–water partition coefficient (Wildman–Crippen LogP) is 1.44. The van der Waals surface area contributed by atoms with Crippen LogP contribution in [0.25, 0.3) is 0 Å². The summed E-state index contributed by atoms with van der Waals surface area (Å²) in [4.78, 5) is 20.4. The Balaban J connectivity index is 1.30. The Kier molecular flexibility index (Phi) is 4.52. The number of likely N-dealkylation sites (tertiary alicyclic amines) is 2. The van der Waals surface area contributed by atoms with Gasteiger partial charge in [-0.05, 0) is 25.8 Å². The van der Waals surface area contributed by atoms with Gasteiger partial charge in [-0.15, -0.1) is 0 Å². The lowest BCUT2D eigenvalue weighted by Crippen LogP contribution is -2.44. The van der Waals surface area contributed by atoms with Gasteiger partial charge in [0.15, 0.2) is 5.82 Å². The van der Waals surface area contributed by atoms with Crippen LogP contribution in [0.5, 0.6) is 0 Å². The Bertz CT molecular complexity index is 783. The fourth-order valence-electron chi connectivity index (χ4n) is 3.93. The Hall–Kier alpha value is -2.22. The maximum absolute atomic E-state index is 11.4. The number of rotatable bonds is 4. The maximum Gasteiger partial charge on any atom is 0.232 e. The van der Waals surface area contributed by atoms with Crippen molar-refractivity contribution >= 4 is 5.91 Å². The standard InChI is InChI=1S/C18H26N6O2/c1-12-8-16(22(3)20-12)11-23-9-15(10-23)18-19-17(21-26-18)14-4-6-24(7-5-14)13(2)25/h8,14-15H,4-7,9-11H2,1-3H3. The van der Waals surface area contributed by atoms with Gasteiger partial charge in [0.2, 0.25) is 11.8 Å². The SMILES string of the molecule is CC(=O)N1CCC(c2noc(C3CN(Cc4cc(C)nn4C)C3)n2)CC1.